The molecule has 1 unspecified atom stereocenters. The van der Waals surface area contributed by atoms with Crippen LogP contribution in [0.3, 0.4) is 0 Å². The summed E-state index contributed by atoms with van der Waals surface area (Å²) in [6.45, 7) is 1.90. The van der Waals surface area contributed by atoms with Gasteiger partial charge in [-0.15, -0.1) is 11.8 Å². The summed E-state index contributed by atoms with van der Waals surface area (Å²) in [4.78, 5) is 24.2. The normalized spacial score (nSPS) is 26.1. The van der Waals surface area contributed by atoms with Gasteiger partial charge in [-0.1, -0.05) is 6.92 Å². The predicted octanol–water partition coefficient (Wildman–Crippen LogP) is 0.998. The molecule has 4 nitrogen and oxygen atoms in total. The molecule has 1 saturated heterocycles. The molecular formula is C8H9NO3S. The number of hydrogen-bond acceptors (Lipinski definition) is 3. The average molecular weight is 199 g/mol. The van der Waals surface area contributed by atoms with E-state index in [1.165, 1.54) is 16.7 Å². The van der Waals surface area contributed by atoms with E-state index < -0.39 is 5.97 Å². The lowest BCUT2D eigenvalue weighted by atomic mass is 10.1. The number of carboxylic acid groups (broad SMARTS) is 1. The first kappa shape index (κ1) is 8.62. The predicted molar refractivity (Wildman–Crippen MR) is 47.8 cm³/mol. The molecule has 5 heteroatoms. The fourth-order valence-electron chi connectivity index (χ4n) is 1.58. The van der Waals surface area contributed by atoms with Crippen molar-refractivity contribution >= 4 is 23.6 Å². The Balaban J connectivity index is 2.34. The van der Waals surface area contributed by atoms with E-state index in [4.69, 9.17) is 5.11 Å². The van der Waals surface area contributed by atoms with Crippen molar-refractivity contribution in [2.24, 2.45) is 0 Å². The van der Waals surface area contributed by atoms with Gasteiger partial charge in [0, 0.05) is 4.91 Å². The number of nitrogens with zero attached hydrogens (tertiary/aromatic N) is 1. The van der Waals surface area contributed by atoms with E-state index in [0.717, 1.165) is 4.91 Å². The maximum absolute atomic E-state index is 11.1. The molecule has 2 aliphatic heterocycles. The number of amides is 1. The summed E-state index contributed by atoms with van der Waals surface area (Å²) in [5.74, 6) is -1.06. The highest BCUT2D eigenvalue weighted by Crippen LogP contribution is 2.46. The van der Waals surface area contributed by atoms with Gasteiger partial charge in [0.1, 0.15) is 5.70 Å². The molecule has 1 fully saturated rings. The third-order valence-corrected chi connectivity index (χ3v) is 3.63. The van der Waals surface area contributed by atoms with Crippen LogP contribution in [0.4, 0.5) is 0 Å². The summed E-state index contributed by atoms with van der Waals surface area (Å²) in [6, 6.07) is 0. The van der Waals surface area contributed by atoms with Crippen molar-refractivity contribution in [1.82, 2.24) is 4.90 Å². The van der Waals surface area contributed by atoms with Crippen LogP contribution in [0.15, 0.2) is 10.6 Å². The van der Waals surface area contributed by atoms with E-state index in [2.05, 4.69) is 0 Å². The second kappa shape index (κ2) is 2.77. The number of carbonyl (C=O) groups is 2. The summed E-state index contributed by atoms with van der Waals surface area (Å²) in [5, 5.41) is 8.95. The van der Waals surface area contributed by atoms with Gasteiger partial charge in [0.15, 0.2) is 0 Å². The Bertz CT molecular complexity index is 323. The van der Waals surface area contributed by atoms with Gasteiger partial charge in [-0.3, -0.25) is 9.69 Å². The van der Waals surface area contributed by atoms with Gasteiger partial charge in [0.05, 0.1) is 11.8 Å². The molecule has 1 N–H and O–H groups in total. The van der Waals surface area contributed by atoms with Crippen LogP contribution < -0.4 is 0 Å². The number of aliphatic carboxylic acids is 1. The van der Waals surface area contributed by atoms with Crippen LogP contribution in [0.25, 0.3) is 0 Å². The monoisotopic (exact) mass is 199 g/mol. The topological polar surface area (TPSA) is 57.6 Å². The lowest BCUT2D eigenvalue weighted by molar-refractivity contribution is -0.145. The molecule has 0 aromatic rings. The van der Waals surface area contributed by atoms with Gasteiger partial charge in [-0.25, -0.2) is 4.79 Å². The van der Waals surface area contributed by atoms with Crippen molar-refractivity contribution in [2.75, 3.05) is 0 Å². The average Bonchev–Trinajstić information content (AvgIpc) is 2.37. The first-order chi connectivity index (χ1) is 6.15. The minimum atomic E-state index is -0.986. The molecule has 2 rings (SSSR count). The van der Waals surface area contributed by atoms with Crippen molar-refractivity contribution in [3.05, 3.63) is 10.6 Å². The molecule has 0 aliphatic carbocycles. The Hall–Kier alpha value is -0.970. The molecule has 1 atom stereocenters. The second-order valence-corrected chi connectivity index (χ2v) is 4.24. The molecule has 2 aliphatic rings. The van der Waals surface area contributed by atoms with Gasteiger partial charge < -0.3 is 5.11 Å². The molecule has 0 spiro atoms. The summed E-state index contributed by atoms with van der Waals surface area (Å²) < 4.78 is 0. The quantitative estimate of drug-likeness (QED) is 0.674. The Labute approximate surface area is 79.6 Å². The van der Waals surface area contributed by atoms with E-state index in [9.17, 15) is 9.59 Å². The smallest absolute Gasteiger partial charge is 0.353 e. The zero-order valence-electron chi connectivity index (χ0n) is 7.11. The van der Waals surface area contributed by atoms with Gasteiger partial charge in [0.25, 0.3) is 0 Å². The van der Waals surface area contributed by atoms with Crippen molar-refractivity contribution in [2.45, 2.75) is 25.1 Å². The van der Waals surface area contributed by atoms with E-state index in [0.29, 0.717) is 12.8 Å². The van der Waals surface area contributed by atoms with E-state index in [1.54, 1.807) is 0 Å². The van der Waals surface area contributed by atoms with Gasteiger partial charge in [-0.05, 0) is 6.42 Å². The third kappa shape index (κ3) is 1.07. The number of hydrogen-bond donors (Lipinski definition) is 1. The summed E-state index contributed by atoms with van der Waals surface area (Å²) in [5.41, 5.74) is 0.203. The summed E-state index contributed by atoms with van der Waals surface area (Å²) in [7, 11) is 0. The molecule has 13 heavy (non-hydrogen) atoms. The Morgan fingerprint density at radius 2 is 2.46 bits per heavy atom. The highest BCUT2D eigenvalue weighted by molar-refractivity contribution is 8.04. The number of carboxylic acids is 1. The minimum absolute atomic E-state index is 0.0635. The Morgan fingerprint density at radius 3 is 2.92 bits per heavy atom. The van der Waals surface area contributed by atoms with E-state index in [-0.39, 0.29) is 17.0 Å². The molecule has 1 amide bonds. The number of rotatable bonds is 2. The number of β-lactam (4-membered cyclic amide) rings is 1. The SMILES string of the molecule is CCC1=C(C(=O)O)N2C(=O)CC2S1. The molecule has 70 valence electrons. The fraction of sp³-hybridized carbons (Fsp3) is 0.500. The van der Waals surface area contributed by atoms with Crippen LogP contribution >= 0.6 is 11.8 Å². The van der Waals surface area contributed by atoms with Crippen LogP contribution in [-0.2, 0) is 9.59 Å². The first-order valence-corrected chi connectivity index (χ1v) is 4.98. The third-order valence-electron chi connectivity index (χ3n) is 2.21. The van der Waals surface area contributed by atoms with Crippen LogP contribution in [0.2, 0.25) is 0 Å². The molecule has 0 aromatic carbocycles. The molecule has 0 aromatic heterocycles. The first-order valence-electron chi connectivity index (χ1n) is 4.10. The standard InChI is InChI=1S/C8H9NO3S/c1-2-4-7(8(11)12)9-5(10)3-6(9)13-4/h6H,2-3H2,1H3,(H,11,12). The van der Waals surface area contributed by atoms with Gasteiger partial charge >= 0.3 is 5.97 Å². The van der Waals surface area contributed by atoms with Crippen molar-refractivity contribution in [1.29, 1.82) is 0 Å². The zero-order chi connectivity index (χ0) is 9.59. The van der Waals surface area contributed by atoms with Crippen LogP contribution in [-0.4, -0.2) is 27.3 Å². The Morgan fingerprint density at radius 1 is 1.77 bits per heavy atom. The molecule has 0 radical (unpaired) electrons. The van der Waals surface area contributed by atoms with Crippen LogP contribution in [0.1, 0.15) is 19.8 Å². The van der Waals surface area contributed by atoms with Gasteiger partial charge in [-0.2, -0.15) is 0 Å². The van der Waals surface area contributed by atoms with Gasteiger partial charge in [0.2, 0.25) is 5.91 Å². The maximum atomic E-state index is 11.1. The number of carbonyl (C=O) groups excluding carboxylic acids is 1. The fourth-order valence-corrected chi connectivity index (χ4v) is 2.92. The second-order valence-electron chi connectivity index (χ2n) is 2.97. The maximum Gasteiger partial charge on any atom is 0.353 e. The van der Waals surface area contributed by atoms with Crippen LogP contribution in [0, 0.1) is 0 Å². The summed E-state index contributed by atoms with van der Waals surface area (Å²) in [6.07, 6.45) is 1.16. The molecule has 2 heterocycles. The van der Waals surface area contributed by atoms with Crippen molar-refractivity contribution < 1.29 is 14.7 Å². The molecule has 0 saturated carbocycles. The molecular weight excluding hydrogens is 190 g/mol. The zero-order valence-corrected chi connectivity index (χ0v) is 7.93. The Kier molecular flexibility index (Phi) is 1.83. The lowest BCUT2D eigenvalue weighted by Gasteiger charge is -2.33. The number of allylic oxidation sites excluding steroid dienone is 1. The van der Waals surface area contributed by atoms with Crippen LogP contribution in [0.5, 0.6) is 0 Å². The number of fused-ring (bicyclic) bond motifs is 1. The largest absolute Gasteiger partial charge is 0.477 e. The van der Waals surface area contributed by atoms with E-state index >= 15 is 0 Å². The molecule has 0 bridgehead atoms. The highest BCUT2D eigenvalue weighted by atomic mass is 32.2. The number of thioether (sulfide) groups is 1. The highest BCUT2D eigenvalue weighted by Gasteiger charge is 2.47. The lowest BCUT2D eigenvalue weighted by Crippen LogP contribution is -2.48. The van der Waals surface area contributed by atoms with E-state index in [1.807, 2.05) is 6.92 Å². The minimum Gasteiger partial charge on any atom is -0.477 e. The van der Waals surface area contributed by atoms with Crippen molar-refractivity contribution in [3.8, 4) is 0 Å². The van der Waals surface area contributed by atoms with Crippen molar-refractivity contribution in [3.63, 3.8) is 0 Å². The summed E-state index contributed by atoms with van der Waals surface area (Å²) >= 11 is 1.50.